The number of ether oxygens (including phenoxy) is 1. The summed E-state index contributed by atoms with van der Waals surface area (Å²) in [5.74, 6) is 0.996. The molecule has 2 rings (SSSR count). The van der Waals surface area contributed by atoms with Crippen molar-refractivity contribution in [1.29, 1.82) is 0 Å². The Labute approximate surface area is 175 Å². The summed E-state index contributed by atoms with van der Waals surface area (Å²) in [4.78, 5) is 0. The molecule has 1 atom stereocenters. The number of benzene rings is 2. The molecule has 2 aromatic carbocycles. The normalized spacial score (nSPS) is 13.3. The fourth-order valence-electron chi connectivity index (χ4n) is 3.70. The molecule has 3 N–H and O–H groups in total. The van der Waals surface area contributed by atoms with Crippen LogP contribution in [0, 0.1) is 0 Å². The van der Waals surface area contributed by atoms with E-state index in [1.54, 1.807) is 0 Å². The summed E-state index contributed by atoms with van der Waals surface area (Å²) in [6, 6.07) is 17.2. The molecule has 0 saturated heterocycles. The van der Waals surface area contributed by atoms with Crippen LogP contribution in [0.25, 0.3) is 0 Å². The lowest BCUT2D eigenvalue weighted by Gasteiger charge is -2.31. The van der Waals surface area contributed by atoms with Crippen LogP contribution in [0.3, 0.4) is 0 Å². The summed E-state index contributed by atoms with van der Waals surface area (Å²) >= 11 is 0. The summed E-state index contributed by atoms with van der Waals surface area (Å²) in [6.07, 6.45) is 4.43. The minimum absolute atomic E-state index is 0.316. The zero-order valence-corrected chi connectivity index (χ0v) is 18.0. The van der Waals surface area contributed by atoms with Crippen molar-refractivity contribution in [3.05, 3.63) is 65.7 Å². The van der Waals surface area contributed by atoms with E-state index in [0.29, 0.717) is 11.7 Å². The number of hydrogen-bond acceptors (Lipinski definition) is 4. The Hall–Kier alpha value is -1.88. The van der Waals surface area contributed by atoms with Crippen LogP contribution in [0.2, 0.25) is 0 Å². The van der Waals surface area contributed by atoms with E-state index in [9.17, 15) is 15.3 Å². The van der Waals surface area contributed by atoms with Gasteiger partial charge in [0.2, 0.25) is 0 Å². The van der Waals surface area contributed by atoms with Crippen LogP contribution >= 0.6 is 0 Å². The average Bonchev–Trinajstić information content (AvgIpc) is 2.78. The Morgan fingerprint density at radius 2 is 1.48 bits per heavy atom. The van der Waals surface area contributed by atoms with Crippen LogP contribution in [0.15, 0.2) is 54.6 Å². The summed E-state index contributed by atoms with van der Waals surface area (Å²) in [5.41, 5.74) is 0.250. The summed E-state index contributed by atoms with van der Waals surface area (Å²) in [7, 11) is 0. The predicted molar refractivity (Wildman–Crippen MR) is 117 cm³/mol. The number of rotatable bonds is 12. The maximum absolute atomic E-state index is 10.4. The minimum Gasteiger partial charge on any atom is -0.478 e. The van der Waals surface area contributed by atoms with Crippen molar-refractivity contribution in [3.63, 3.8) is 0 Å². The third kappa shape index (κ3) is 6.05. The Morgan fingerprint density at radius 3 is 2.00 bits per heavy atom. The molecule has 0 aliphatic carbocycles. The van der Waals surface area contributed by atoms with Crippen LogP contribution in [-0.4, -0.2) is 34.1 Å². The Morgan fingerprint density at radius 1 is 0.897 bits per heavy atom. The molecule has 0 aromatic heterocycles. The molecule has 0 aliphatic heterocycles. The molecular formula is C25H36O4. The van der Waals surface area contributed by atoms with Crippen LogP contribution in [0.4, 0.5) is 0 Å². The molecule has 0 amide bonds. The molecule has 0 bridgehead atoms. The first kappa shape index (κ1) is 23.4. The van der Waals surface area contributed by atoms with Crippen molar-refractivity contribution in [1.82, 2.24) is 0 Å². The van der Waals surface area contributed by atoms with E-state index in [4.69, 9.17) is 4.74 Å². The van der Waals surface area contributed by atoms with Gasteiger partial charge in [0, 0.05) is 5.56 Å². The van der Waals surface area contributed by atoms with E-state index >= 15 is 0 Å². The lowest BCUT2D eigenvalue weighted by atomic mass is 9.88. The number of hydrogen-bond donors (Lipinski definition) is 3. The van der Waals surface area contributed by atoms with E-state index in [0.717, 1.165) is 37.7 Å². The quantitative estimate of drug-likeness (QED) is 0.480. The molecule has 0 saturated carbocycles. The first-order valence-electron chi connectivity index (χ1n) is 10.7. The van der Waals surface area contributed by atoms with E-state index in [1.165, 1.54) is 5.56 Å². The molecule has 4 nitrogen and oxygen atoms in total. The van der Waals surface area contributed by atoms with Gasteiger partial charge in [-0.3, -0.25) is 0 Å². The standard InChI is InChI=1S/C25H36O4/c1-4-24(28,5-2)17-9-10-20(3)21-13-15-23(16-14-21)29-25(18-26,19-27)22-11-7-6-8-12-22/h6-8,11-16,20,26-28H,4-5,9-10,17-19H2,1-3H3. The highest BCUT2D eigenvalue weighted by Gasteiger charge is 2.33. The van der Waals surface area contributed by atoms with Gasteiger partial charge in [-0.15, -0.1) is 0 Å². The minimum atomic E-state index is -1.17. The Bertz CT molecular complexity index is 703. The van der Waals surface area contributed by atoms with Crippen LogP contribution < -0.4 is 4.74 Å². The predicted octanol–water partition coefficient (Wildman–Crippen LogP) is 4.77. The second-order valence-electron chi connectivity index (χ2n) is 8.07. The van der Waals surface area contributed by atoms with Crippen LogP contribution in [-0.2, 0) is 5.60 Å². The van der Waals surface area contributed by atoms with E-state index in [-0.39, 0.29) is 13.2 Å². The van der Waals surface area contributed by atoms with E-state index < -0.39 is 11.2 Å². The average molecular weight is 401 g/mol. The van der Waals surface area contributed by atoms with Crippen LogP contribution in [0.5, 0.6) is 5.75 Å². The van der Waals surface area contributed by atoms with Gasteiger partial charge in [-0.05, 0) is 55.7 Å². The molecule has 1 unspecified atom stereocenters. The van der Waals surface area contributed by atoms with Crippen molar-refractivity contribution in [3.8, 4) is 5.75 Å². The van der Waals surface area contributed by atoms with Crippen LogP contribution in [0.1, 0.15) is 69.9 Å². The van der Waals surface area contributed by atoms with Gasteiger partial charge in [0.15, 0.2) is 5.60 Å². The smallest absolute Gasteiger partial charge is 0.180 e. The molecule has 0 spiro atoms. The monoisotopic (exact) mass is 400 g/mol. The summed E-state index contributed by atoms with van der Waals surface area (Å²) in [5, 5.41) is 30.3. The molecule has 0 fully saturated rings. The third-order valence-electron chi connectivity index (χ3n) is 6.17. The molecular weight excluding hydrogens is 364 g/mol. The van der Waals surface area contributed by atoms with Crippen molar-refractivity contribution < 1.29 is 20.1 Å². The van der Waals surface area contributed by atoms with E-state index in [1.807, 2.05) is 68.4 Å². The third-order valence-corrected chi connectivity index (χ3v) is 6.17. The molecule has 0 heterocycles. The summed E-state index contributed by atoms with van der Waals surface area (Å²) in [6.45, 7) is 5.65. The Balaban J connectivity index is 2.02. The second-order valence-corrected chi connectivity index (χ2v) is 8.07. The topological polar surface area (TPSA) is 69.9 Å². The van der Waals surface area contributed by atoms with Gasteiger partial charge in [0.1, 0.15) is 5.75 Å². The summed E-state index contributed by atoms with van der Waals surface area (Å²) < 4.78 is 6.04. The van der Waals surface area contributed by atoms with Crippen molar-refractivity contribution in [2.75, 3.05) is 13.2 Å². The van der Waals surface area contributed by atoms with E-state index in [2.05, 4.69) is 6.92 Å². The highest BCUT2D eigenvalue weighted by Crippen LogP contribution is 2.31. The fourth-order valence-corrected chi connectivity index (χ4v) is 3.70. The Kier molecular flexibility index (Phi) is 8.69. The van der Waals surface area contributed by atoms with Gasteiger partial charge < -0.3 is 20.1 Å². The lowest BCUT2D eigenvalue weighted by molar-refractivity contribution is -0.0385. The highest BCUT2D eigenvalue weighted by atomic mass is 16.5. The SMILES string of the molecule is CCC(O)(CC)CCCC(C)c1ccc(OC(CO)(CO)c2ccccc2)cc1. The maximum Gasteiger partial charge on any atom is 0.180 e. The molecule has 160 valence electrons. The fraction of sp³-hybridized carbons (Fsp3) is 0.520. The van der Waals surface area contributed by atoms with Gasteiger partial charge in [-0.1, -0.05) is 63.2 Å². The lowest BCUT2D eigenvalue weighted by Crippen LogP contribution is -2.41. The zero-order valence-electron chi connectivity index (χ0n) is 18.0. The highest BCUT2D eigenvalue weighted by molar-refractivity contribution is 5.32. The second kappa shape index (κ2) is 10.8. The molecule has 0 aliphatic rings. The molecule has 29 heavy (non-hydrogen) atoms. The number of aliphatic hydroxyl groups excluding tert-OH is 2. The van der Waals surface area contributed by atoms with Gasteiger partial charge >= 0.3 is 0 Å². The number of aliphatic hydroxyl groups is 3. The molecule has 0 radical (unpaired) electrons. The van der Waals surface area contributed by atoms with Crippen molar-refractivity contribution in [2.45, 2.75) is 70.0 Å². The zero-order chi connectivity index (χ0) is 21.3. The largest absolute Gasteiger partial charge is 0.478 e. The van der Waals surface area contributed by atoms with Crippen molar-refractivity contribution >= 4 is 0 Å². The first-order valence-corrected chi connectivity index (χ1v) is 10.7. The first-order chi connectivity index (χ1) is 13.9. The van der Waals surface area contributed by atoms with Gasteiger partial charge in [-0.25, -0.2) is 0 Å². The maximum atomic E-state index is 10.4. The van der Waals surface area contributed by atoms with Crippen molar-refractivity contribution in [2.24, 2.45) is 0 Å². The molecule has 2 aromatic rings. The van der Waals surface area contributed by atoms with Gasteiger partial charge in [0.25, 0.3) is 0 Å². The van der Waals surface area contributed by atoms with Gasteiger partial charge in [0.05, 0.1) is 18.8 Å². The van der Waals surface area contributed by atoms with Gasteiger partial charge in [-0.2, -0.15) is 0 Å². The molecule has 4 heteroatoms.